The number of likely N-dealkylation sites (N-methyl/N-ethyl adjacent to an activating group) is 2. The molecule has 0 aliphatic carbocycles. The lowest BCUT2D eigenvalue weighted by Crippen LogP contribution is -2.35. The van der Waals surface area contributed by atoms with Crippen molar-refractivity contribution in [2.45, 2.75) is 22.9 Å². The largest absolute Gasteiger partial charge is 0.318 e. The third-order valence-electron chi connectivity index (χ3n) is 2.20. The highest BCUT2D eigenvalue weighted by Gasteiger charge is 2.27. The van der Waals surface area contributed by atoms with Crippen LogP contribution in [0.15, 0.2) is 0 Å². The van der Waals surface area contributed by atoms with Crippen LogP contribution in [0.25, 0.3) is 0 Å². The van der Waals surface area contributed by atoms with E-state index in [0.717, 1.165) is 16.6 Å². The summed E-state index contributed by atoms with van der Waals surface area (Å²) < 4.78 is 0.760. The molecule has 1 aliphatic rings. The van der Waals surface area contributed by atoms with Crippen molar-refractivity contribution in [1.29, 1.82) is 0 Å². The fourth-order valence-electron chi connectivity index (χ4n) is 1.45. The van der Waals surface area contributed by atoms with Gasteiger partial charge >= 0.3 is 0 Å². The summed E-state index contributed by atoms with van der Waals surface area (Å²) in [5, 5.41) is 3.22. The maximum atomic E-state index is 3.22. The number of hydrogen-bond acceptors (Lipinski definition) is 2. The molecule has 0 unspecified atom stereocenters. The Balaban J connectivity index is 2.33. The van der Waals surface area contributed by atoms with Crippen molar-refractivity contribution in [3.05, 3.63) is 0 Å². The molecule has 3 heteroatoms. The normalized spacial score (nSPS) is 35.1. The average Bonchev–Trinajstić information content (AvgIpc) is 2.20. The fourth-order valence-corrected chi connectivity index (χ4v) is 2.26. The number of rotatable bonds is 2. The van der Waals surface area contributed by atoms with Crippen molar-refractivity contribution < 1.29 is 0 Å². The van der Waals surface area contributed by atoms with Crippen LogP contribution in [0.5, 0.6) is 0 Å². The third-order valence-corrected chi connectivity index (χ3v) is 3.70. The van der Waals surface area contributed by atoms with Gasteiger partial charge in [-0.05, 0) is 26.9 Å². The summed E-state index contributed by atoms with van der Waals surface area (Å²) in [6.07, 6.45) is 2.70. The molecule has 0 bridgehead atoms. The zero-order valence-corrected chi connectivity index (χ0v) is 8.76. The highest BCUT2D eigenvalue weighted by atomic mass is 127. The lowest BCUT2D eigenvalue weighted by Gasteiger charge is -2.21. The van der Waals surface area contributed by atoms with Gasteiger partial charge in [-0.2, -0.15) is 0 Å². The van der Waals surface area contributed by atoms with Crippen LogP contribution in [-0.2, 0) is 0 Å². The quantitative estimate of drug-likeness (QED) is 0.450. The van der Waals surface area contributed by atoms with Crippen molar-refractivity contribution >= 4 is 22.6 Å². The molecule has 60 valence electrons. The Morgan fingerprint density at radius 1 is 1.60 bits per heavy atom. The summed E-state index contributed by atoms with van der Waals surface area (Å²) in [6.45, 7) is 1.13. The molecule has 1 heterocycles. The Labute approximate surface area is 76.5 Å². The first-order chi connectivity index (χ1) is 4.75. The van der Waals surface area contributed by atoms with E-state index >= 15 is 0 Å². The number of nitrogens with zero attached hydrogens (tertiary/aromatic N) is 1. The van der Waals surface area contributed by atoms with Gasteiger partial charge in [-0.3, -0.25) is 4.90 Å². The van der Waals surface area contributed by atoms with Gasteiger partial charge in [-0.1, -0.05) is 22.6 Å². The van der Waals surface area contributed by atoms with Gasteiger partial charge < -0.3 is 5.32 Å². The van der Waals surface area contributed by atoms with E-state index in [1.54, 1.807) is 0 Å². The first-order valence-electron chi connectivity index (χ1n) is 3.76. The van der Waals surface area contributed by atoms with Crippen LogP contribution in [0.2, 0.25) is 0 Å². The molecule has 0 radical (unpaired) electrons. The summed E-state index contributed by atoms with van der Waals surface area (Å²) in [5.41, 5.74) is 0. The van der Waals surface area contributed by atoms with Crippen LogP contribution in [0.1, 0.15) is 12.8 Å². The van der Waals surface area contributed by atoms with E-state index in [-0.39, 0.29) is 0 Å². The van der Waals surface area contributed by atoms with E-state index in [4.69, 9.17) is 0 Å². The Morgan fingerprint density at radius 2 is 2.30 bits per heavy atom. The van der Waals surface area contributed by atoms with E-state index in [1.807, 2.05) is 7.05 Å². The van der Waals surface area contributed by atoms with Crippen LogP contribution < -0.4 is 5.32 Å². The second kappa shape index (κ2) is 3.88. The Bertz CT molecular complexity index is 106. The molecule has 0 aromatic rings. The lowest BCUT2D eigenvalue weighted by atomic mass is 10.2. The van der Waals surface area contributed by atoms with E-state index in [2.05, 4.69) is 39.9 Å². The molecule has 0 saturated carbocycles. The molecule has 0 aromatic carbocycles. The Kier molecular flexibility index (Phi) is 3.39. The Hall–Kier alpha value is 0.650. The van der Waals surface area contributed by atoms with Crippen molar-refractivity contribution in [2.24, 2.45) is 0 Å². The average molecular weight is 254 g/mol. The number of likely N-dealkylation sites (tertiary alicyclic amines) is 1. The molecule has 2 nitrogen and oxygen atoms in total. The number of halogens is 1. The summed E-state index contributed by atoms with van der Waals surface area (Å²) in [7, 11) is 4.24. The maximum absolute atomic E-state index is 3.22. The summed E-state index contributed by atoms with van der Waals surface area (Å²) >= 11 is 2.51. The number of alkyl halides is 1. The molecule has 1 aliphatic heterocycles. The summed E-state index contributed by atoms with van der Waals surface area (Å²) in [4.78, 5) is 2.46. The SMILES string of the molecule is CNC[C@@H]1CC[C@H](I)N1C. The van der Waals surface area contributed by atoms with Crippen LogP contribution in [0.4, 0.5) is 0 Å². The van der Waals surface area contributed by atoms with Crippen LogP contribution in [0.3, 0.4) is 0 Å². The highest BCUT2D eigenvalue weighted by molar-refractivity contribution is 14.1. The molecule has 0 aromatic heterocycles. The van der Waals surface area contributed by atoms with Crippen LogP contribution >= 0.6 is 22.6 Å². The number of nitrogens with one attached hydrogen (secondary N) is 1. The van der Waals surface area contributed by atoms with Gasteiger partial charge in [0.15, 0.2) is 0 Å². The summed E-state index contributed by atoms with van der Waals surface area (Å²) in [5.74, 6) is 0. The molecular weight excluding hydrogens is 239 g/mol. The van der Waals surface area contributed by atoms with Crippen LogP contribution in [0, 0.1) is 0 Å². The Morgan fingerprint density at radius 3 is 2.70 bits per heavy atom. The minimum atomic E-state index is 0.760. The molecule has 1 saturated heterocycles. The number of hydrogen-bond donors (Lipinski definition) is 1. The molecule has 1 fully saturated rings. The van der Waals surface area contributed by atoms with Gasteiger partial charge in [0, 0.05) is 12.6 Å². The lowest BCUT2D eigenvalue weighted by molar-refractivity contribution is 0.296. The smallest absolute Gasteiger partial charge is 0.0619 e. The minimum absolute atomic E-state index is 0.760. The van der Waals surface area contributed by atoms with Gasteiger partial charge in [0.1, 0.15) is 0 Å². The van der Waals surface area contributed by atoms with Gasteiger partial charge in [-0.25, -0.2) is 0 Å². The van der Waals surface area contributed by atoms with Crippen molar-refractivity contribution in [2.75, 3.05) is 20.6 Å². The van der Waals surface area contributed by atoms with E-state index in [0.29, 0.717) is 0 Å². The molecule has 1 N–H and O–H groups in total. The molecule has 0 spiro atoms. The van der Waals surface area contributed by atoms with Crippen molar-refractivity contribution in [3.63, 3.8) is 0 Å². The topological polar surface area (TPSA) is 15.3 Å². The molecular formula is C7H15IN2. The van der Waals surface area contributed by atoms with Gasteiger partial charge in [0.25, 0.3) is 0 Å². The first kappa shape index (κ1) is 8.74. The van der Waals surface area contributed by atoms with Crippen LogP contribution in [-0.4, -0.2) is 35.6 Å². The summed E-state index contributed by atoms with van der Waals surface area (Å²) in [6, 6.07) is 0.770. The van der Waals surface area contributed by atoms with Crippen molar-refractivity contribution in [3.8, 4) is 0 Å². The van der Waals surface area contributed by atoms with E-state index < -0.39 is 0 Å². The van der Waals surface area contributed by atoms with E-state index in [9.17, 15) is 0 Å². The standard InChI is InChI=1S/C7H15IN2/c1-9-5-6-3-4-7(8)10(6)2/h6-7,9H,3-5H2,1-2H3/t6-,7+/m0/s1. The predicted molar refractivity (Wildman–Crippen MR) is 52.5 cm³/mol. The van der Waals surface area contributed by atoms with E-state index in [1.165, 1.54) is 12.8 Å². The zero-order chi connectivity index (χ0) is 7.56. The van der Waals surface area contributed by atoms with Crippen molar-refractivity contribution in [1.82, 2.24) is 10.2 Å². The predicted octanol–water partition coefficient (Wildman–Crippen LogP) is 1.06. The molecule has 1 rings (SSSR count). The third kappa shape index (κ3) is 1.83. The second-order valence-electron chi connectivity index (χ2n) is 2.89. The van der Waals surface area contributed by atoms with Gasteiger partial charge in [0.2, 0.25) is 0 Å². The highest BCUT2D eigenvalue weighted by Crippen LogP contribution is 2.25. The second-order valence-corrected chi connectivity index (χ2v) is 4.33. The fraction of sp³-hybridized carbons (Fsp3) is 1.00. The maximum Gasteiger partial charge on any atom is 0.0619 e. The molecule has 2 atom stereocenters. The van der Waals surface area contributed by atoms with Gasteiger partial charge in [-0.15, -0.1) is 0 Å². The molecule has 10 heavy (non-hydrogen) atoms. The minimum Gasteiger partial charge on any atom is -0.318 e. The molecule has 0 amide bonds. The monoisotopic (exact) mass is 254 g/mol. The van der Waals surface area contributed by atoms with Gasteiger partial charge in [0.05, 0.1) is 4.05 Å². The zero-order valence-electron chi connectivity index (χ0n) is 6.60. The first-order valence-corrected chi connectivity index (χ1v) is 5.01.